The Morgan fingerprint density at radius 2 is 1.89 bits per heavy atom. The Labute approximate surface area is 105 Å². The van der Waals surface area contributed by atoms with Crippen molar-refractivity contribution in [1.29, 1.82) is 0 Å². The zero-order valence-corrected chi connectivity index (χ0v) is 9.91. The molecule has 1 aromatic carbocycles. The molecule has 0 aromatic heterocycles. The van der Waals surface area contributed by atoms with Crippen LogP contribution in [0.2, 0.25) is 0 Å². The van der Waals surface area contributed by atoms with Crippen LogP contribution in [0.3, 0.4) is 0 Å². The van der Waals surface area contributed by atoms with Gasteiger partial charge in [0.2, 0.25) is 0 Å². The average Bonchev–Trinajstić information content (AvgIpc) is 2.90. The van der Waals surface area contributed by atoms with Crippen molar-refractivity contribution in [2.24, 2.45) is 11.0 Å². The van der Waals surface area contributed by atoms with E-state index in [9.17, 15) is 10.1 Å². The van der Waals surface area contributed by atoms with Crippen molar-refractivity contribution in [2.45, 2.75) is 6.92 Å². The second-order valence-corrected chi connectivity index (χ2v) is 3.96. The number of non-ortho nitro benzene ring substituents is 1. The van der Waals surface area contributed by atoms with E-state index in [0.717, 1.165) is 11.4 Å². The fourth-order valence-corrected chi connectivity index (χ4v) is 1.60. The van der Waals surface area contributed by atoms with Crippen LogP contribution in [0.25, 0.3) is 0 Å². The number of nitrogens with zero attached hydrogens (tertiary/aromatic N) is 2. The maximum atomic E-state index is 10.5. The number of rotatable bonds is 4. The lowest BCUT2D eigenvalue weighted by Crippen LogP contribution is -2.06. The number of nitro benzene ring substituents is 1. The van der Waals surface area contributed by atoms with E-state index in [1.807, 2.05) is 19.1 Å². The summed E-state index contributed by atoms with van der Waals surface area (Å²) in [5.41, 5.74) is 4.63. The Hall–Kier alpha value is -2.43. The molecule has 0 saturated heterocycles. The number of benzene rings is 1. The van der Waals surface area contributed by atoms with Crippen molar-refractivity contribution < 1.29 is 4.92 Å². The molecule has 0 fully saturated rings. The Morgan fingerprint density at radius 3 is 2.44 bits per heavy atom. The van der Waals surface area contributed by atoms with Gasteiger partial charge in [0.15, 0.2) is 0 Å². The Kier molecular flexibility index (Phi) is 3.52. The number of allylic oxidation sites excluding steroid dienone is 4. The number of hydrogen-bond acceptors (Lipinski definition) is 4. The molecule has 1 N–H and O–H groups in total. The summed E-state index contributed by atoms with van der Waals surface area (Å²) in [6.45, 7) is 1.93. The predicted molar refractivity (Wildman–Crippen MR) is 71.6 cm³/mol. The van der Waals surface area contributed by atoms with Gasteiger partial charge in [-0.05, 0) is 19.1 Å². The van der Waals surface area contributed by atoms with Gasteiger partial charge >= 0.3 is 0 Å². The highest BCUT2D eigenvalue weighted by atomic mass is 16.6. The number of hydrogen-bond donors (Lipinski definition) is 1. The number of nitrogens with one attached hydrogen (secondary N) is 1. The van der Waals surface area contributed by atoms with Crippen molar-refractivity contribution >= 4 is 17.1 Å². The molecule has 0 amide bonds. The molecule has 0 heterocycles. The van der Waals surface area contributed by atoms with Gasteiger partial charge in [0.1, 0.15) is 0 Å². The van der Waals surface area contributed by atoms with Gasteiger partial charge in [0, 0.05) is 23.8 Å². The first kappa shape index (κ1) is 12.0. The van der Waals surface area contributed by atoms with Gasteiger partial charge in [-0.15, -0.1) is 0 Å². The molecule has 5 nitrogen and oxygen atoms in total. The largest absolute Gasteiger partial charge is 0.279 e. The summed E-state index contributed by atoms with van der Waals surface area (Å²) in [7, 11) is 0. The summed E-state index contributed by atoms with van der Waals surface area (Å²) in [6.07, 6.45) is 8.07. The van der Waals surface area contributed by atoms with Crippen LogP contribution in [0.5, 0.6) is 0 Å². The molecule has 0 unspecified atom stereocenters. The van der Waals surface area contributed by atoms with Gasteiger partial charge in [0.25, 0.3) is 5.69 Å². The van der Waals surface area contributed by atoms with Crippen molar-refractivity contribution in [1.82, 2.24) is 0 Å². The third-order valence-electron chi connectivity index (χ3n) is 2.67. The average molecular weight is 243 g/mol. The first-order valence-electron chi connectivity index (χ1n) is 5.56. The molecule has 1 aromatic rings. The molecule has 1 aliphatic carbocycles. The van der Waals surface area contributed by atoms with Crippen molar-refractivity contribution in [2.75, 3.05) is 5.43 Å². The van der Waals surface area contributed by atoms with E-state index >= 15 is 0 Å². The third kappa shape index (κ3) is 2.82. The van der Waals surface area contributed by atoms with Gasteiger partial charge in [0.05, 0.1) is 10.6 Å². The topological polar surface area (TPSA) is 67.5 Å². The van der Waals surface area contributed by atoms with Crippen molar-refractivity contribution in [3.05, 3.63) is 58.7 Å². The lowest BCUT2D eigenvalue weighted by Gasteiger charge is -2.06. The molecule has 0 bridgehead atoms. The van der Waals surface area contributed by atoms with E-state index in [4.69, 9.17) is 0 Å². The van der Waals surface area contributed by atoms with Gasteiger partial charge in [-0.25, -0.2) is 0 Å². The van der Waals surface area contributed by atoms with Crippen LogP contribution in [0.4, 0.5) is 11.4 Å². The molecule has 1 aliphatic rings. The Bertz CT molecular complexity index is 518. The molecule has 0 aliphatic heterocycles. The Balaban J connectivity index is 2.01. The molecule has 2 rings (SSSR count). The lowest BCUT2D eigenvalue weighted by atomic mass is 10.1. The molecule has 0 saturated carbocycles. The first-order valence-corrected chi connectivity index (χ1v) is 5.56. The summed E-state index contributed by atoms with van der Waals surface area (Å²) in [4.78, 5) is 10.1. The van der Waals surface area contributed by atoms with Crippen LogP contribution in [-0.2, 0) is 0 Å². The summed E-state index contributed by atoms with van der Waals surface area (Å²) in [6, 6.07) is 6.16. The standard InChI is InChI=1S/C13H13N3O2/c1-10(11-4-2-3-5-11)14-15-12-6-8-13(9-7-12)16(17)18/h2-9,11,15H,1H3/b14-10+. The number of nitro groups is 1. The van der Waals surface area contributed by atoms with Gasteiger partial charge in [-0.3, -0.25) is 15.5 Å². The quantitative estimate of drug-likeness (QED) is 0.502. The molecule has 0 radical (unpaired) electrons. The van der Waals surface area contributed by atoms with E-state index < -0.39 is 4.92 Å². The number of hydrazone groups is 1. The monoisotopic (exact) mass is 243 g/mol. The Morgan fingerprint density at radius 1 is 1.28 bits per heavy atom. The smallest absolute Gasteiger partial charge is 0.269 e. The van der Waals surface area contributed by atoms with E-state index in [1.165, 1.54) is 12.1 Å². The van der Waals surface area contributed by atoms with Crippen LogP contribution >= 0.6 is 0 Å². The molecular formula is C13H13N3O2. The van der Waals surface area contributed by atoms with Crippen LogP contribution in [0, 0.1) is 16.0 Å². The SMILES string of the molecule is C/C(=N\Nc1ccc([N+](=O)[O-])cc1)C1C=CC=C1. The molecule has 18 heavy (non-hydrogen) atoms. The summed E-state index contributed by atoms with van der Waals surface area (Å²) < 4.78 is 0. The zero-order valence-electron chi connectivity index (χ0n) is 9.91. The normalized spacial score (nSPS) is 15.1. The van der Waals surface area contributed by atoms with Crippen molar-refractivity contribution in [3.8, 4) is 0 Å². The van der Waals surface area contributed by atoms with Crippen LogP contribution in [-0.4, -0.2) is 10.6 Å². The van der Waals surface area contributed by atoms with E-state index in [1.54, 1.807) is 12.1 Å². The second kappa shape index (κ2) is 5.27. The van der Waals surface area contributed by atoms with Crippen LogP contribution in [0.1, 0.15) is 6.92 Å². The fourth-order valence-electron chi connectivity index (χ4n) is 1.60. The van der Waals surface area contributed by atoms with E-state index in [0.29, 0.717) is 0 Å². The molecule has 0 atom stereocenters. The van der Waals surface area contributed by atoms with E-state index in [2.05, 4.69) is 22.7 Å². The molecule has 92 valence electrons. The predicted octanol–water partition coefficient (Wildman–Crippen LogP) is 3.12. The molecular weight excluding hydrogens is 230 g/mol. The first-order chi connectivity index (χ1) is 8.66. The highest BCUT2D eigenvalue weighted by molar-refractivity contribution is 5.88. The van der Waals surface area contributed by atoms with E-state index in [-0.39, 0.29) is 11.6 Å². The highest BCUT2D eigenvalue weighted by Gasteiger charge is 2.07. The third-order valence-corrected chi connectivity index (χ3v) is 2.67. The summed E-state index contributed by atoms with van der Waals surface area (Å²) in [5, 5.41) is 14.7. The second-order valence-electron chi connectivity index (χ2n) is 3.96. The van der Waals surface area contributed by atoms with Crippen LogP contribution < -0.4 is 5.43 Å². The van der Waals surface area contributed by atoms with Crippen molar-refractivity contribution in [3.63, 3.8) is 0 Å². The summed E-state index contributed by atoms with van der Waals surface area (Å²) in [5.74, 6) is 0.232. The molecule has 5 heteroatoms. The zero-order chi connectivity index (χ0) is 13.0. The minimum Gasteiger partial charge on any atom is -0.279 e. The van der Waals surface area contributed by atoms with Gasteiger partial charge in [-0.1, -0.05) is 24.3 Å². The van der Waals surface area contributed by atoms with Gasteiger partial charge < -0.3 is 0 Å². The van der Waals surface area contributed by atoms with Gasteiger partial charge in [-0.2, -0.15) is 5.10 Å². The summed E-state index contributed by atoms with van der Waals surface area (Å²) >= 11 is 0. The van der Waals surface area contributed by atoms with Crippen LogP contribution in [0.15, 0.2) is 53.7 Å². The lowest BCUT2D eigenvalue weighted by molar-refractivity contribution is -0.384. The molecule has 0 spiro atoms. The minimum absolute atomic E-state index is 0.0721. The minimum atomic E-state index is -0.424. The maximum absolute atomic E-state index is 10.5. The number of anilines is 1. The maximum Gasteiger partial charge on any atom is 0.269 e. The fraction of sp³-hybridized carbons (Fsp3) is 0.154. The highest BCUT2D eigenvalue weighted by Crippen LogP contribution is 2.16.